The maximum atomic E-state index is 12.4. The van der Waals surface area contributed by atoms with Crippen LogP contribution in [0.15, 0.2) is 51.8 Å². The van der Waals surface area contributed by atoms with Gasteiger partial charge in [0.1, 0.15) is 5.76 Å². The molecule has 3 heterocycles. The Labute approximate surface area is 137 Å². The van der Waals surface area contributed by atoms with E-state index in [1.807, 2.05) is 6.92 Å². The lowest BCUT2D eigenvalue weighted by Gasteiger charge is -2.04. The SMILES string of the molecule is CCn1cc(NC(=O)c2ccco2)c(C(=O)NCc2ccco2)n1. The van der Waals surface area contributed by atoms with E-state index in [0.717, 1.165) is 0 Å². The molecule has 124 valence electrons. The highest BCUT2D eigenvalue weighted by molar-refractivity contribution is 6.06. The van der Waals surface area contributed by atoms with Gasteiger partial charge in [-0.2, -0.15) is 5.10 Å². The Kier molecular flexibility index (Phi) is 4.46. The molecule has 8 heteroatoms. The average molecular weight is 328 g/mol. The number of nitrogens with one attached hydrogen (secondary N) is 2. The van der Waals surface area contributed by atoms with Gasteiger partial charge in [-0.05, 0) is 31.2 Å². The van der Waals surface area contributed by atoms with Crippen molar-refractivity contribution in [1.82, 2.24) is 15.1 Å². The second-order valence-corrected chi connectivity index (χ2v) is 4.94. The molecule has 0 aromatic carbocycles. The Balaban J connectivity index is 1.75. The van der Waals surface area contributed by atoms with E-state index in [4.69, 9.17) is 8.83 Å². The summed E-state index contributed by atoms with van der Waals surface area (Å²) in [6.45, 7) is 2.68. The first-order valence-electron chi connectivity index (χ1n) is 7.40. The van der Waals surface area contributed by atoms with E-state index < -0.39 is 11.8 Å². The van der Waals surface area contributed by atoms with Gasteiger partial charge in [-0.25, -0.2) is 0 Å². The third kappa shape index (κ3) is 3.37. The molecule has 3 aromatic heterocycles. The number of rotatable bonds is 6. The third-order valence-corrected chi connectivity index (χ3v) is 3.30. The lowest BCUT2D eigenvalue weighted by Crippen LogP contribution is -2.25. The van der Waals surface area contributed by atoms with E-state index in [2.05, 4.69) is 15.7 Å². The van der Waals surface area contributed by atoms with Gasteiger partial charge in [-0.3, -0.25) is 14.3 Å². The molecule has 2 N–H and O–H groups in total. The van der Waals surface area contributed by atoms with Gasteiger partial charge in [0.15, 0.2) is 11.5 Å². The van der Waals surface area contributed by atoms with Crippen LogP contribution in [0.25, 0.3) is 0 Å². The molecule has 0 fully saturated rings. The van der Waals surface area contributed by atoms with Crippen LogP contribution in [0.1, 0.15) is 33.7 Å². The lowest BCUT2D eigenvalue weighted by molar-refractivity contribution is 0.0943. The number of amides is 2. The molecule has 2 amide bonds. The summed E-state index contributed by atoms with van der Waals surface area (Å²) in [4.78, 5) is 24.5. The maximum Gasteiger partial charge on any atom is 0.291 e. The van der Waals surface area contributed by atoms with E-state index in [9.17, 15) is 9.59 Å². The third-order valence-electron chi connectivity index (χ3n) is 3.30. The highest BCUT2D eigenvalue weighted by Crippen LogP contribution is 2.16. The average Bonchev–Trinajstić information content (AvgIpc) is 3.32. The second-order valence-electron chi connectivity index (χ2n) is 4.94. The zero-order chi connectivity index (χ0) is 16.9. The van der Waals surface area contributed by atoms with E-state index in [1.165, 1.54) is 18.6 Å². The van der Waals surface area contributed by atoms with Crippen molar-refractivity contribution in [1.29, 1.82) is 0 Å². The molecular formula is C16H16N4O4. The first kappa shape index (κ1) is 15.6. The summed E-state index contributed by atoms with van der Waals surface area (Å²) >= 11 is 0. The van der Waals surface area contributed by atoms with Gasteiger partial charge in [0.2, 0.25) is 0 Å². The molecule has 8 nitrogen and oxygen atoms in total. The highest BCUT2D eigenvalue weighted by atomic mass is 16.3. The van der Waals surface area contributed by atoms with Crippen molar-refractivity contribution in [3.8, 4) is 0 Å². The fourth-order valence-corrected chi connectivity index (χ4v) is 2.10. The van der Waals surface area contributed by atoms with Crippen LogP contribution >= 0.6 is 0 Å². The van der Waals surface area contributed by atoms with Crippen molar-refractivity contribution in [2.75, 3.05) is 5.32 Å². The quantitative estimate of drug-likeness (QED) is 0.722. The van der Waals surface area contributed by atoms with Crippen molar-refractivity contribution in [3.05, 3.63) is 60.2 Å². The Hall–Kier alpha value is -3.29. The van der Waals surface area contributed by atoms with Crippen molar-refractivity contribution >= 4 is 17.5 Å². The molecule has 0 aliphatic rings. The summed E-state index contributed by atoms with van der Waals surface area (Å²) in [5.41, 5.74) is 0.443. The maximum absolute atomic E-state index is 12.4. The fraction of sp³-hybridized carbons (Fsp3) is 0.188. The van der Waals surface area contributed by atoms with Crippen molar-refractivity contribution < 1.29 is 18.4 Å². The molecule has 0 saturated heterocycles. The molecule has 0 bridgehead atoms. The van der Waals surface area contributed by atoms with E-state index in [0.29, 0.717) is 18.0 Å². The minimum atomic E-state index is -0.448. The molecule has 0 spiro atoms. The first-order valence-corrected chi connectivity index (χ1v) is 7.40. The Morgan fingerprint density at radius 1 is 1.17 bits per heavy atom. The normalized spacial score (nSPS) is 10.5. The molecule has 24 heavy (non-hydrogen) atoms. The summed E-state index contributed by atoms with van der Waals surface area (Å²) in [5, 5.41) is 9.54. The minimum absolute atomic E-state index is 0.128. The van der Waals surface area contributed by atoms with Crippen LogP contribution in [-0.2, 0) is 13.1 Å². The molecular weight excluding hydrogens is 312 g/mol. The lowest BCUT2D eigenvalue weighted by atomic mass is 10.3. The predicted octanol–water partition coefficient (Wildman–Crippen LogP) is 2.27. The largest absolute Gasteiger partial charge is 0.467 e. The van der Waals surface area contributed by atoms with Crippen LogP contribution in [0.4, 0.5) is 5.69 Å². The van der Waals surface area contributed by atoms with Gasteiger partial charge in [-0.1, -0.05) is 0 Å². The van der Waals surface area contributed by atoms with Gasteiger partial charge < -0.3 is 19.5 Å². The van der Waals surface area contributed by atoms with Crippen molar-refractivity contribution in [3.63, 3.8) is 0 Å². The highest BCUT2D eigenvalue weighted by Gasteiger charge is 2.20. The molecule has 0 atom stereocenters. The van der Waals surface area contributed by atoms with Crippen LogP contribution in [0.3, 0.4) is 0 Å². The molecule has 0 aliphatic carbocycles. The fourth-order valence-electron chi connectivity index (χ4n) is 2.10. The molecule has 0 unspecified atom stereocenters. The zero-order valence-electron chi connectivity index (χ0n) is 13.0. The van der Waals surface area contributed by atoms with Gasteiger partial charge in [0, 0.05) is 12.7 Å². The minimum Gasteiger partial charge on any atom is -0.467 e. The molecule has 0 saturated carbocycles. The van der Waals surface area contributed by atoms with Gasteiger partial charge in [0.05, 0.1) is 24.8 Å². The molecule has 0 aliphatic heterocycles. The van der Waals surface area contributed by atoms with Crippen LogP contribution in [0.2, 0.25) is 0 Å². The van der Waals surface area contributed by atoms with Crippen LogP contribution < -0.4 is 10.6 Å². The smallest absolute Gasteiger partial charge is 0.291 e. The number of anilines is 1. The number of carbonyl (C=O) groups is 2. The summed E-state index contributed by atoms with van der Waals surface area (Å²) in [6, 6.07) is 6.64. The Morgan fingerprint density at radius 3 is 2.62 bits per heavy atom. The standard InChI is InChI=1S/C16H16N4O4/c1-2-20-10-12(18-15(21)13-6-4-8-24-13)14(19-20)16(22)17-9-11-5-3-7-23-11/h3-8,10H,2,9H2,1H3,(H,17,22)(H,18,21). The molecule has 0 radical (unpaired) electrons. The number of nitrogens with zero attached hydrogens (tertiary/aromatic N) is 2. The Morgan fingerprint density at radius 2 is 1.96 bits per heavy atom. The number of furan rings is 2. The number of aryl methyl sites for hydroxylation is 1. The number of aromatic nitrogens is 2. The first-order chi connectivity index (χ1) is 11.7. The summed E-state index contributed by atoms with van der Waals surface area (Å²) in [7, 11) is 0. The van der Waals surface area contributed by atoms with Crippen molar-refractivity contribution in [2.24, 2.45) is 0 Å². The zero-order valence-corrected chi connectivity index (χ0v) is 13.0. The summed E-state index contributed by atoms with van der Waals surface area (Å²) in [6.07, 6.45) is 4.53. The molecule has 3 aromatic rings. The van der Waals surface area contributed by atoms with Crippen LogP contribution in [0, 0.1) is 0 Å². The number of hydrogen-bond acceptors (Lipinski definition) is 5. The van der Waals surface area contributed by atoms with E-state index in [1.54, 1.807) is 29.1 Å². The Bertz CT molecular complexity index is 819. The van der Waals surface area contributed by atoms with Crippen molar-refractivity contribution in [2.45, 2.75) is 20.0 Å². The monoisotopic (exact) mass is 328 g/mol. The number of carbonyl (C=O) groups excluding carboxylic acids is 2. The van der Waals surface area contributed by atoms with E-state index >= 15 is 0 Å². The molecule has 3 rings (SSSR count). The second kappa shape index (κ2) is 6.86. The summed E-state index contributed by atoms with van der Waals surface area (Å²) < 4.78 is 11.8. The predicted molar refractivity (Wildman–Crippen MR) is 84.4 cm³/mol. The summed E-state index contributed by atoms with van der Waals surface area (Å²) in [5.74, 6) is -0.0790. The van der Waals surface area contributed by atoms with E-state index in [-0.39, 0.29) is 18.0 Å². The van der Waals surface area contributed by atoms with Gasteiger partial charge in [0.25, 0.3) is 11.8 Å². The van der Waals surface area contributed by atoms with Crippen LogP contribution in [-0.4, -0.2) is 21.6 Å². The van der Waals surface area contributed by atoms with Gasteiger partial charge in [-0.15, -0.1) is 0 Å². The van der Waals surface area contributed by atoms with Gasteiger partial charge >= 0.3 is 0 Å². The topological polar surface area (TPSA) is 102 Å². The van der Waals surface area contributed by atoms with Crippen LogP contribution in [0.5, 0.6) is 0 Å². The number of hydrogen-bond donors (Lipinski definition) is 2.